The van der Waals surface area contributed by atoms with Gasteiger partial charge in [0.1, 0.15) is 0 Å². The summed E-state index contributed by atoms with van der Waals surface area (Å²) in [4.78, 5) is 15.1. The topological polar surface area (TPSA) is 32.3 Å². The monoisotopic (exact) mass is 282 g/mol. The summed E-state index contributed by atoms with van der Waals surface area (Å²) in [6.45, 7) is 4.19. The molecule has 2 saturated heterocycles. The van der Waals surface area contributed by atoms with Gasteiger partial charge in [0.25, 0.3) is 0 Å². The Balaban J connectivity index is 1.36. The summed E-state index contributed by atoms with van der Waals surface area (Å²) in [5.41, 5.74) is 3.17. The fourth-order valence-electron chi connectivity index (χ4n) is 5.18. The van der Waals surface area contributed by atoms with E-state index in [0.717, 1.165) is 39.0 Å². The van der Waals surface area contributed by atoms with Gasteiger partial charge in [-0.2, -0.15) is 0 Å². The van der Waals surface area contributed by atoms with Gasteiger partial charge in [0.15, 0.2) is 0 Å². The maximum Gasteiger partial charge on any atom is 0.226 e. The van der Waals surface area contributed by atoms with Gasteiger partial charge >= 0.3 is 0 Å². The van der Waals surface area contributed by atoms with Gasteiger partial charge in [0.2, 0.25) is 5.91 Å². The van der Waals surface area contributed by atoms with E-state index in [-0.39, 0.29) is 11.3 Å². The Bertz CT molecular complexity index is 601. The molecule has 4 aliphatic rings. The molecule has 4 atom stereocenters. The lowest BCUT2D eigenvalue weighted by molar-refractivity contribution is -0.132. The summed E-state index contributed by atoms with van der Waals surface area (Å²) < 4.78 is 0. The lowest BCUT2D eigenvalue weighted by Crippen LogP contribution is -2.34. The van der Waals surface area contributed by atoms with Crippen LogP contribution >= 0.6 is 0 Å². The van der Waals surface area contributed by atoms with Crippen LogP contribution in [0.5, 0.6) is 0 Å². The van der Waals surface area contributed by atoms with Crippen LogP contribution in [-0.4, -0.2) is 37.0 Å². The number of nitrogens with zero attached hydrogens (tertiary/aromatic N) is 1. The van der Waals surface area contributed by atoms with Crippen LogP contribution in [0.2, 0.25) is 0 Å². The van der Waals surface area contributed by atoms with Gasteiger partial charge in [-0.3, -0.25) is 4.79 Å². The third kappa shape index (κ3) is 1.61. The lowest BCUT2D eigenvalue weighted by Gasteiger charge is -2.20. The van der Waals surface area contributed by atoms with E-state index in [1.807, 2.05) is 0 Å². The van der Waals surface area contributed by atoms with E-state index >= 15 is 0 Å². The van der Waals surface area contributed by atoms with Crippen molar-refractivity contribution in [2.24, 2.45) is 17.8 Å². The molecule has 2 heterocycles. The van der Waals surface area contributed by atoms with Crippen LogP contribution in [0, 0.1) is 17.8 Å². The van der Waals surface area contributed by atoms with E-state index in [2.05, 4.69) is 34.5 Å². The first-order chi connectivity index (χ1) is 10.3. The molecule has 1 saturated carbocycles. The van der Waals surface area contributed by atoms with Gasteiger partial charge in [0.05, 0.1) is 0 Å². The SMILES string of the molecule is O=C(C1CC12CCc1ccccc12)N1C[C@H]2CNC[C@H]2C1. The number of hydrogen-bond acceptors (Lipinski definition) is 2. The van der Waals surface area contributed by atoms with Gasteiger partial charge in [-0.1, -0.05) is 24.3 Å². The molecule has 0 bridgehead atoms. The van der Waals surface area contributed by atoms with Crippen molar-refractivity contribution in [3.63, 3.8) is 0 Å². The molecule has 110 valence electrons. The number of nitrogens with one attached hydrogen (secondary N) is 1. The summed E-state index contributed by atoms with van der Waals surface area (Å²) in [7, 11) is 0. The highest BCUT2D eigenvalue weighted by atomic mass is 16.2. The summed E-state index contributed by atoms with van der Waals surface area (Å²) in [5, 5.41) is 3.45. The van der Waals surface area contributed by atoms with Crippen LogP contribution in [0.25, 0.3) is 0 Å². The van der Waals surface area contributed by atoms with Crippen LogP contribution < -0.4 is 5.32 Å². The van der Waals surface area contributed by atoms with Gasteiger partial charge in [-0.05, 0) is 42.2 Å². The minimum atomic E-state index is 0.212. The van der Waals surface area contributed by atoms with Crippen molar-refractivity contribution in [2.75, 3.05) is 26.2 Å². The lowest BCUT2D eigenvalue weighted by atomic mass is 9.95. The average molecular weight is 282 g/mol. The third-order valence-corrected chi connectivity index (χ3v) is 6.47. The Kier molecular flexibility index (Phi) is 2.38. The van der Waals surface area contributed by atoms with Crippen LogP contribution in [0.15, 0.2) is 24.3 Å². The molecule has 3 nitrogen and oxygen atoms in total. The maximum atomic E-state index is 12.9. The van der Waals surface area contributed by atoms with Crippen molar-refractivity contribution in [1.82, 2.24) is 10.2 Å². The van der Waals surface area contributed by atoms with Crippen molar-refractivity contribution in [3.05, 3.63) is 35.4 Å². The molecule has 1 spiro atoms. The predicted octanol–water partition coefficient (Wildman–Crippen LogP) is 1.57. The number of carbonyl (C=O) groups excluding carboxylic acids is 1. The molecule has 0 radical (unpaired) electrons. The van der Waals surface area contributed by atoms with Crippen molar-refractivity contribution in [1.29, 1.82) is 0 Å². The van der Waals surface area contributed by atoms with Crippen molar-refractivity contribution >= 4 is 5.91 Å². The van der Waals surface area contributed by atoms with E-state index in [1.54, 1.807) is 0 Å². The van der Waals surface area contributed by atoms with Crippen molar-refractivity contribution in [2.45, 2.75) is 24.7 Å². The predicted molar refractivity (Wildman–Crippen MR) is 81.0 cm³/mol. The number of fused-ring (bicyclic) bond motifs is 3. The second-order valence-electron chi connectivity index (χ2n) is 7.49. The molecule has 0 aromatic heterocycles. The number of amides is 1. The second-order valence-corrected chi connectivity index (χ2v) is 7.49. The Morgan fingerprint density at radius 3 is 2.76 bits per heavy atom. The number of benzene rings is 1. The van der Waals surface area contributed by atoms with Crippen molar-refractivity contribution < 1.29 is 4.79 Å². The Morgan fingerprint density at radius 2 is 1.95 bits per heavy atom. The number of rotatable bonds is 1. The highest BCUT2D eigenvalue weighted by Gasteiger charge is 2.62. The quantitative estimate of drug-likeness (QED) is 0.848. The number of aryl methyl sites for hydroxylation is 1. The number of hydrogen-bond donors (Lipinski definition) is 1. The van der Waals surface area contributed by atoms with E-state index < -0.39 is 0 Å². The highest BCUT2D eigenvalue weighted by Crippen LogP contribution is 2.62. The standard InChI is InChI=1S/C18H22N2O/c21-17(20-10-13-8-19-9-14(13)11-20)16-7-18(16)6-5-12-3-1-2-4-15(12)18/h1-4,13-14,16,19H,5-11H2/t13-,14+,16?,18?. The fraction of sp³-hybridized carbons (Fsp3) is 0.611. The molecule has 2 unspecified atom stereocenters. The van der Waals surface area contributed by atoms with Crippen LogP contribution in [-0.2, 0) is 16.6 Å². The first-order valence-corrected chi connectivity index (χ1v) is 8.36. The average Bonchev–Trinajstić information content (AvgIpc) is 2.80. The van der Waals surface area contributed by atoms with Gasteiger partial charge in [-0.15, -0.1) is 0 Å². The van der Waals surface area contributed by atoms with Crippen molar-refractivity contribution in [3.8, 4) is 0 Å². The highest BCUT2D eigenvalue weighted by molar-refractivity contribution is 5.85. The van der Waals surface area contributed by atoms with Crippen LogP contribution in [0.1, 0.15) is 24.0 Å². The first-order valence-electron chi connectivity index (χ1n) is 8.36. The third-order valence-electron chi connectivity index (χ3n) is 6.47. The zero-order valence-electron chi connectivity index (χ0n) is 12.3. The Labute approximate surface area is 125 Å². The Hall–Kier alpha value is -1.35. The van der Waals surface area contributed by atoms with E-state index in [4.69, 9.17) is 0 Å². The molecule has 2 aliphatic heterocycles. The zero-order valence-corrected chi connectivity index (χ0v) is 12.3. The Morgan fingerprint density at radius 1 is 1.19 bits per heavy atom. The normalized spacial score (nSPS) is 39.6. The smallest absolute Gasteiger partial charge is 0.226 e. The molecule has 3 heteroatoms. The molecular weight excluding hydrogens is 260 g/mol. The van der Waals surface area contributed by atoms with Crippen LogP contribution in [0.3, 0.4) is 0 Å². The molecular formula is C18H22N2O. The van der Waals surface area contributed by atoms with E-state index in [0.29, 0.717) is 17.7 Å². The molecule has 1 N–H and O–H groups in total. The molecule has 5 rings (SSSR count). The largest absolute Gasteiger partial charge is 0.342 e. The minimum absolute atomic E-state index is 0.212. The summed E-state index contributed by atoms with van der Waals surface area (Å²) >= 11 is 0. The van der Waals surface area contributed by atoms with E-state index in [9.17, 15) is 4.79 Å². The maximum absolute atomic E-state index is 12.9. The molecule has 1 aromatic carbocycles. The van der Waals surface area contributed by atoms with Gasteiger partial charge in [0, 0.05) is 37.5 Å². The number of carbonyl (C=O) groups is 1. The zero-order chi connectivity index (χ0) is 14.0. The number of likely N-dealkylation sites (tertiary alicyclic amines) is 1. The van der Waals surface area contributed by atoms with Gasteiger partial charge < -0.3 is 10.2 Å². The molecule has 1 aromatic rings. The van der Waals surface area contributed by atoms with Crippen LogP contribution in [0.4, 0.5) is 0 Å². The first kappa shape index (κ1) is 12.2. The fourth-order valence-corrected chi connectivity index (χ4v) is 5.18. The molecule has 3 fully saturated rings. The molecule has 2 aliphatic carbocycles. The van der Waals surface area contributed by atoms with E-state index in [1.165, 1.54) is 17.5 Å². The summed E-state index contributed by atoms with van der Waals surface area (Å²) in [6.07, 6.45) is 3.44. The summed E-state index contributed by atoms with van der Waals surface area (Å²) in [6, 6.07) is 8.78. The molecule has 21 heavy (non-hydrogen) atoms. The second kappa shape index (κ2) is 4.10. The molecule has 1 amide bonds. The minimum Gasteiger partial charge on any atom is -0.342 e. The summed E-state index contributed by atoms with van der Waals surface area (Å²) in [5.74, 6) is 2.13. The van der Waals surface area contributed by atoms with Gasteiger partial charge in [-0.25, -0.2) is 0 Å².